The summed E-state index contributed by atoms with van der Waals surface area (Å²) in [6, 6.07) is 11.7. The smallest absolute Gasteiger partial charge is 0.261 e. The number of amides is 1. The van der Waals surface area contributed by atoms with Gasteiger partial charge in [0.05, 0.1) is 19.7 Å². The van der Waals surface area contributed by atoms with Crippen molar-refractivity contribution in [2.24, 2.45) is 0 Å². The Morgan fingerprint density at radius 1 is 1.33 bits per heavy atom. The van der Waals surface area contributed by atoms with Crippen LogP contribution in [0.2, 0.25) is 0 Å². The fraction of sp³-hybridized carbons (Fsp3) is 0.200. The first-order chi connectivity index (χ1) is 10.1. The Labute approximate surface area is 134 Å². The van der Waals surface area contributed by atoms with Crippen LogP contribution in [-0.2, 0) is 6.54 Å². The van der Waals surface area contributed by atoms with Crippen molar-refractivity contribution in [1.29, 1.82) is 0 Å². The molecule has 3 aromatic rings. The fourth-order valence-electron chi connectivity index (χ4n) is 2.28. The molecule has 0 unspecified atom stereocenters. The molecular formula is C15H14BrN3OS. The van der Waals surface area contributed by atoms with Gasteiger partial charge in [-0.3, -0.25) is 4.79 Å². The minimum atomic E-state index is -0.0345. The quantitative estimate of drug-likeness (QED) is 0.769. The molecule has 0 aliphatic carbocycles. The summed E-state index contributed by atoms with van der Waals surface area (Å²) >= 11 is 4.80. The third-order valence-electron chi connectivity index (χ3n) is 3.26. The second-order valence-corrected chi connectivity index (χ2v) is 7.12. The molecule has 108 valence electrons. The Kier molecular flexibility index (Phi) is 4.07. The number of fused-ring (bicyclic) bond motifs is 1. The van der Waals surface area contributed by atoms with Gasteiger partial charge >= 0.3 is 0 Å². The van der Waals surface area contributed by atoms with Crippen LogP contribution in [0.25, 0.3) is 11.0 Å². The van der Waals surface area contributed by atoms with E-state index in [4.69, 9.17) is 0 Å². The highest BCUT2D eigenvalue weighted by molar-refractivity contribution is 9.11. The molecule has 21 heavy (non-hydrogen) atoms. The van der Waals surface area contributed by atoms with Crippen LogP contribution in [0.1, 0.15) is 15.5 Å². The summed E-state index contributed by atoms with van der Waals surface area (Å²) < 4.78 is 3.09. The summed E-state index contributed by atoms with van der Waals surface area (Å²) in [5, 5.41) is 2.94. The molecule has 6 heteroatoms. The monoisotopic (exact) mass is 363 g/mol. The number of imidazole rings is 1. The zero-order valence-electron chi connectivity index (χ0n) is 11.5. The van der Waals surface area contributed by atoms with Crippen molar-refractivity contribution in [3.8, 4) is 0 Å². The predicted octanol–water partition coefficient (Wildman–Crippen LogP) is 3.60. The lowest BCUT2D eigenvalue weighted by Gasteiger charge is -2.08. The molecule has 2 aromatic heterocycles. The number of rotatable bonds is 4. The van der Waals surface area contributed by atoms with Gasteiger partial charge in [0, 0.05) is 13.1 Å². The van der Waals surface area contributed by atoms with Crippen LogP contribution in [0.3, 0.4) is 0 Å². The van der Waals surface area contributed by atoms with Crippen molar-refractivity contribution >= 4 is 44.2 Å². The third-order valence-corrected chi connectivity index (χ3v) is 4.89. The van der Waals surface area contributed by atoms with Crippen molar-refractivity contribution in [1.82, 2.24) is 14.9 Å². The van der Waals surface area contributed by atoms with Crippen molar-refractivity contribution < 1.29 is 4.79 Å². The number of hydrogen-bond donors (Lipinski definition) is 1. The topological polar surface area (TPSA) is 46.9 Å². The number of nitrogens with one attached hydrogen (secondary N) is 1. The molecule has 1 amide bonds. The third kappa shape index (κ3) is 3.01. The lowest BCUT2D eigenvalue weighted by molar-refractivity contribution is 0.0956. The van der Waals surface area contributed by atoms with E-state index in [0.717, 1.165) is 20.6 Å². The highest BCUT2D eigenvalue weighted by atomic mass is 79.9. The van der Waals surface area contributed by atoms with Gasteiger partial charge in [-0.1, -0.05) is 12.1 Å². The van der Waals surface area contributed by atoms with Gasteiger partial charge in [0.15, 0.2) is 0 Å². The molecule has 0 radical (unpaired) electrons. The van der Waals surface area contributed by atoms with Crippen LogP contribution in [0.4, 0.5) is 0 Å². The lowest BCUT2D eigenvalue weighted by Crippen LogP contribution is -2.26. The van der Waals surface area contributed by atoms with Gasteiger partial charge in [-0.05, 0) is 47.1 Å². The van der Waals surface area contributed by atoms with E-state index >= 15 is 0 Å². The number of aromatic nitrogens is 2. The first kappa shape index (κ1) is 14.3. The van der Waals surface area contributed by atoms with E-state index in [1.54, 1.807) is 0 Å². The zero-order chi connectivity index (χ0) is 14.8. The van der Waals surface area contributed by atoms with Gasteiger partial charge < -0.3 is 9.88 Å². The molecule has 0 aliphatic heterocycles. The fourth-order valence-corrected chi connectivity index (χ4v) is 3.59. The summed E-state index contributed by atoms with van der Waals surface area (Å²) in [5.41, 5.74) is 2.09. The number of halogens is 1. The molecule has 1 N–H and O–H groups in total. The molecular weight excluding hydrogens is 350 g/mol. The largest absolute Gasteiger partial charge is 0.350 e. The van der Waals surface area contributed by atoms with Crippen molar-refractivity contribution in [3.05, 3.63) is 50.9 Å². The number of aryl methyl sites for hydroxylation is 1. The summed E-state index contributed by atoms with van der Waals surface area (Å²) in [5.74, 6) is 0.928. The number of benzene rings is 1. The molecule has 3 rings (SSSR count). The Morgan fingerprint density at radius 2 is 2.14 bits per heavy atom. The molecule has 2 heterocycles. The van der Waals surface area contributed by atoms with Gasteiger partial charge in [0.1, 0.15) is 5.82 Å². The van der Waals surface area contributed by atoms with Crippen LogP contribution in [0.15, 0.2) is 40.2 Å². The van der Waals surface area contributed by atoms with Gasteiger partial charge in [-0.15, -0.1) is 11.3 Å². The Bertz CT molecular complexity index is 793. The number of nitrogens with zero attached hydrogens (tertiary/aromatic N) is 2. The molecule has 0 spiro atoms. The Morgan fingerprint density at radius 3 is 2.90 bits per heavy atom. The van der Waals surface area contributed by atoms with Crippen molar-refractivity contribution in [3.63, 3.8) is 0 Å². The average Bonchev–Trinajstić information content (AvgIpc) is 3.03. The van der Waals surface area contributed by atoms with Crippen LogP contribution in [0, 0.1) is 6.92 Å². The van der Waals surface area contributed by atoms with Gasteiger partial charge in [-0.25, -0.2) is 4.98 Å². The van der Waals surface area contributed by atoms with Crippen LogP contribution in [0.5, 0.6) is 0 Å². The normalized spacial score (nSPS) is 11.0. The number of carbonyl (C=O) groups is 1. The standard InChI is InChI=1S/C15H14BrN3OS/c1-10-18-11-4-2-3-5-12(11)19(10)9-8-17-15(20)13-6-7-14(16)21-13/h2-7H,8-9H2,1H3,(H,17,20). The molecule has 0 saturated carbocycles. The van der Waals surface area contributed by atoms with Gasteiger partial charge in [-0.2, -0.15) is 0 Å². The summed E-state index contributed by atoms with van der Waals surface area (Å²) in [6.07, 6.45) is 0. The molecule has 4 nitrogen and oxygen atoms in total. The summed E-state index contributed by atoms with van der Waals surface area (Å²) in [7, 11) is 0. The lowest BCUT2D eigenvalue weighted by atomic mass is 10.3. The number of hydrogen-bond acceptors (Lipinski definition) is 3. The van der Waals surface area contributed by atoms with E-state index < -0.39 is 0 Å². The predicted molar refractivity (Wildman–Crippen MR) is 88.8 cm³/mol. The first-order valence-corrected chi connectivity index (χ1v) is 8.21. The second kappa shape index (κ2) is 5.99. The van der Waals surface area contributed by atoms with Crippen LogP contribution < -0.4 is 5.32 Å². The van der Waals surface area contributed by atoms with E-state index in [-0.39, 0.29) is 5.91 Å². The van der Waals surface area contributed by atoms with E-state index in [9.17, 15) is 4.79 Å². The minimum Gasteiger partial charge on any atom is -0.350 e. The van der Waals surface area contributed by atoms with Crippen LogP contribution >= 0.6 is 27.3 Å². The van der Waals surface area contributed by atoms with Gasteiger partial charge in [0.25, 0.3) is 5.91 Å². The van der Waals surface area contributed by atoms with Crippen molar-refractivity contribution in [2.75, 3.05) is 6.54 Å². The molecule has 0 aliphatic rings. The SMILES string of the molecule is Cc1nc2ccccc2n1CCNC(=O)c1ccc(Br)s1. The summed E-state index contributed by atoms with van der Waals surface area (Å²) in [4.78, 5) is 17.2. The first-order valence-electron chi connectivity index (χ1n) is 6.60. The molecule has 1 aromatic carbocycles. The second-order valence-electron chi connectivity index (χ2n) is 4.66. The maximum atomic E-state index is 12.0. The maximum Gasteiger partial charge on any atom is 0.261 e. The number of para-hydroxylation sites is 2. The highest BCUT2D eigenvalue weighted by Gasteiger charge is 2.09. The van der Waals surface area contributed by atoms with E-state index in [0.29, 0.717) is 18.0 Å². The minimum absolute atomic E-state index is 0.0345. The summed E-state index contributed by atoms with van der Waals surface area (Å²) in [6.45, 7) is 3.28. The van der Waals surface area contributed by atoms with E-state index in [2.05, 4.69) is 30.8 Å². The molecule has 0 atom stereocenters. The van der Waals surface area contributed by atoms with Gasteiger partial charge in [0.2, 0.25) is 0 Å². The average molecular weight is 364 g/mol. The Balaban J connectivity index is 1.67. The molecule has 0 bridgehead atoms. The van der Waals surface area contributed by atoms with Crippen molar-refractivity contribution in [2.45, 2.75) is 13.5 Å². The van der Waals surface area contributed by atoms with E-state index in [1.165, 1.54) is 11.3 Å². The maximum absolute atomic E-state index is 12.0. The molecule has 0 fully saturated rings. The Hall–Kier alpha value is -1.66. The zero-order valence-corrected chi connectivity index (χ0v) is 13.9. The van der Waals surface area contributed by atoms with E-state index in [1.807, 2.05) is 43.3 Å². The number of thiophene rings is 1. The molecule has 0 saturated heterocycles. The van der Waals surface area contributed by atoms with Crippen LogP contribution in [-0.4, -0.2) is 22.0 Å². The number of carbonyl (C=O) groups excluding carboxylic acids is 1. The highest BCUT2D eigenvalue weighted by Crippen LogP contribution is 2.21.